The maximum atomic E-state index is 13.0. The highest BCUT2D eigenvalue weighted by molar-refractivity contribution is 8.01. The SMILES string of the molecule is COCC(C)n1c(C)cc(C(=O)CSc2nnc(NCc3ccc(F)cc3)s2)c1C. The maximum Gasteiger partial charge on any atom is 0.206 e. The van der Waals surface area contributed by atoms with E-state index < -0.39 is 0 Å². The molecule has 0 aliphatic rings. The van der Waals surface area contributed by atoms with Gasteiger partial charge in [0.15, 0.2) is 10.1 Å². The number of hydrogen-bond donors (Lipinski definition) is 1. The average molecular weight is 449 g/mol. The van der Waals surface area contributed by atoms with Crippen molar-refractivity contribution in [3.8, 4) is 0 Å². The minimum Gasteiger partial charge on any atom is -0.383 e. The molecule has 1 atom stereocenters. The van der Waals surface area contributed by atoms with Gasteiger partial charge in [0, 0.05) is 30.6 Å². The molecule has 1 aromatic carbocycles. The molecule has 3 aromatic rings. The van der Waals surface area contributed by atoms with E-state index in [-0.39, 0.29) is 17.6 Å². The summed E-state index contributed by atoms with van der Waals surface area (Å²) in [5, 5.41) is 12.1. The minimum atomic E-state index is -0.257. The van der Waals surface area contributed by atoms with Gasteiger partial charge in [-0.1, -0.05) is 35.2 Å². The largest absolute Gasteiger partial charge is 0.383 e. The van der Waals surface area contributed by atoms with Gasteiger partial charge in [0.2, 0.25) is 5.13 Å². The highest BCUT2D eigenvalue weighted by Crippen LogP contribution is 2.28. The van der Waals surface area contributed by atoms with Crippen molar-refractivity contribution in [2.75, 3.05) is 24.8 Å². The van der Waals surface area contributed by atoms with Gasteiger partial charge in [-0.3, -0.25) is 4.79 Å². The van der Waals surface area contributed by atoms with Crippen molar-refractivity contribution < 1.29 is 13.9 Å². The second-order valence-corrected chi connectivity index (χ2v) is 9.22. The van der Waals surface area contributed by atoms with Crippen LogP contribution in [-0.4, -0.2) is 40.0 Å². The van der Waals surface area contributed by atoms with Gasteiger partial charge in [0.05, 0.1) is 18.4 Å². The van der Waals surface area contributed by atoms with E-state index in [0.29, 0.717) is 24.0 Å². The number of methoxy groups -OCH3 is 1. The second-order valence-electron chi connectivity index (χ2n) is 7.02. The van der Waals surface area contributed by atoms with Crippen molar-refractivity contribution >= 4 is 34.0 Å². The van der Waals surface area contributed by atoms with Gasteiger partial charge in [-0.25, -0.2) is 4.39 Å². The number of ether oxygens (including phenoxy) is 1. The Kier molecular flexibility index (Phi) is 7.63. The highest BCUT2D eigenvalue weighted by Gasteiger charge is 2.19. The summed E-state index contributed by atoms with van der Waals surface area (Å²) < 4.78 is 21.1. The third-order valence-corrected chi connectivity index (χ3v) is 6.74. The van der Waals surface area contributed by atoms with Crippen molar-refractivity contribution in [3.63, 3.8) is 0 Å². The first-order chi connectivity index (χ1) is 14.4. The molecule has 0 spiro atoms. The lowest BCUT2D eigenvalue weighted by molar-refractivity contribution is 0.102. The molecule has 2 aromatic heterocycles. The summed E-state index contributed by atoms with van der Waals surface area (Å²) in [5.41, 5.74) is 3.70. The van der Waals surface area contributed by atoms with Gasteiger partial charge in [-0.15, -0.1) is 10.2 Å². The van der Waals surface area contributed by atoms with Crippen molar-refractivity contribution in [2.24, 2.45) is 0 Å². The molecule has 0 amide bonds. The summed E-state index contributed by atoms with van der Waals surface area (Å²) in [5.74, 6) is 0.113. The molecule has 160 valence electrons. The van der Waals surface area contributed by atoms with Crippen LogP contribution in [0.3, 0.4) is 0 Å². The number of aromatic nitrogens is 3. The number of carbonyl (C=O) groups is 1. The summed E-state index contributed by atoms with van der Waals surface area (Å²) in [7, 11) is 1.68. The minimum absolute atomic E-state index is 0.0694. The highest BCUT2D eigenvalue weighted by atomic mass is 32.2. The molecular formula is C21H25FN4O2S2. The van der Waals surface area contributed by atoms with Gasteiger partial charge in [0.1, 0.15) is 5.82 Å². The zero-order chi connectivity index (χ0) is 21.7. The molecule has 0 aliphatic heterocycles. The number of carbonyl (C=O) groups excluding carboxylic acids is 1. The van der Waals surface area contributed by atoms with Gasteiger partial charge in [0.25, 0.3) is 0 Å². The number of thioether (sulfide) groups is 1. The summed E-state index contributed by atoms with van der Waals surface area (Å²) in [6.07, 6.45) is 0. The lowest BCUT2D eigenvalue weighted by Gasteiger charge is -2.17. The molecule has 6 nitrogen and oxygen atoms in total. The maximum absolute atomic E-state index is 13.0. The van der Waals surface area contributed by atoms with Crippen LogP contribution in [0.2, 0.25) is 0 Å². The number of Topliss-reactive ketones (excluding diaryl/α,β-unsaturated/α-hetero) is 1. The summed E-state index contributed by atoms with van der Waals surface area (Å²) in [4.78, 5) is 12.8. The molecule has 1 N–H and O–H groups in total. The van der Waals surface area contributed by atoms with Crippen LogP contribution in [0, 0.1) is 19.7 Å². The molecule has 3 rings (SSSR count). The quantitative estimate of drug-likeness (QED) is 0.352. The molecule has 30 heavy (non-hydrogen) atoms. The van der Waals surface area contributed by atoms with Gasteiger partial charge in [-0.2, -0.15) is 0 Å². The number of rotatable bonds is 10. The Balaban J connectivity index is 1.56. The van der Waals surface area contributed by atoms with E-state index in [9.17, 15) is 9.18 Å². The first kappa shape index (κ1) is 22.5. The molecule has 1 unspecified atom stereocenters. The summed E-state index contributed by atoms with van der Waals surface area (Å²) in [6.45, 7) is 7.18. The fraction of sp³-hybridized carbons (Fsp3) is 0.381. The monoisotopic (exact) mass is 448 g/mol. The number of anilines is 1. The number of aryl methyl sites for hydroxylation is 1. The number of halogens is 1. The average Bonchev–Trinajstić information content (AvgIpc) is 3.29. The van der Waals surface area contributed by atoms with E-state index in [1.807, 2.05) is 19.9 Å². The van der Waals surface area contributed by atoms with Crippen molar-refractivity contribution in [1.29, 1.82) is 0 Å². The fourth-order valence-corrected chi connectivity index (χ4v) is 5.01. The standard InChI is InChI=1S/C21H25FN4O2S2/c1-13-9-18(15(3)26(13)14(2)11-28-4)19(27)12-29-21-25-24-20(30-21)23-10-16-5-7-17(22)8-6-16/h5-9,14H,10-12H2,1-4H3,(H,23,24). The number of benzene rings is 1. The first-order valence-electron chi connectivity index (χ1n) is 9.54. The van der Waals surface area contributed by atoms with E-state index in [1.54, 1.807) is 19.2 Å². The molecule has 0 bridgehead atoms. The van der Waals surface area contributed by atoms with Crippen LogP contribution in [0.1, 0.15) is 40.3 Å². The van der Waals surface area contributed by atoms with Crippen molar-refractivity contribution in [1.82, 2.24) is 14.8 Å². The Morgan fingerprint density at radius 3 is 2.73 bits per heavy atom. The van der Waals surface area contributed by atoms with E-state index in [4.69, 9.17) is 4.74 Å². The zero-order valence-corrected chi connectivity index (χ0v) is 19.1. The van der Waals surface area contributed by atoms with Crippen LogP contribution in [0.15, 0.2) is 34.7 Å². The lowest BCUT2D eigenvalue weighted by Crippen LogP contribution is -2.14. The molecule has 0 saturated heterocycles. The second kappa shape index (κ2) is 10.2. The smallest absolute Gasteiger partial charge is 0.206 e. The number of ketones is 1. The Bertz CT molecular complexity index is 1000. The van der Waals surface area contributed by atoms with Crippen molar-refractivity contribution in [3.05, 3.63) is 58.7 Å². The van der Waals surface area contributed by atoms with Gasteiger partial charge >= 0.3 is 0 Å². The van der Waals surface area contributed by atoms with Crippen LogP contribution in [-0.2, 0) is 11.3 Å². The molecule has 2 heterocycles. The predicted molar refractivity (Wildman–Crippen MR) is 119 cm³/mol. The first-order valence-corrected chi connectivity index (χ1v) is 11.3. The molecule has 0 aliphatic carbocycles. The lowest BCUT2D eigenvalue weighted by atomic mass is 10.2. The fourth-order valence-electron chi connectivity index (χ4n) is 3.38. The predicted octanol–water partition coefficient (Wildman–Crippen LogP) is 4.89. The van der Waals surface area contributed by atoms with E-state index >= 15 is 0 Å². The molecule has 0 fully saturated rings. The Hall–Kier alpha value is -2.23. The molecule has 0 radical (unpaired) electrons. The number of nitrogens with one attached hydrogen (secondary N) is 1. The molecule has 0 saturated carbocycles. The van der Waals surface area contributed by atoms with Gasteiger partial charge < -0.3 is 14.6 Å². The van der Waals surface area contributed by atoms with Crippen LogP contribution in [0.4, 0.5) is 9.52 Å². The Morgan fingerprint density at radius 1 is 1.30 bits per heavy atom. The summed E-state index contributed by atoms with van der Waals surface area (Å²) >= 11 is 2.78. The Labute approximate surface area is 183 Å². The van der Waals surface area contributed by atoms with Gasteiger partial charge in [-0.05, 0) is 44.5 Å². The van der Waals surface area contributed by atoms with E-state index in [0.717, 1.165) is 26.9 Å². The molecule has 9 heteroatoms. The summed E-state index contributed by atoms with van der Waals surface area (Å²) in [6, 6.07) is 8.42. The van der Waals surface area contributed by atoms with E-state index in [2.05, 4.69) is 27.0 Å². The van der Waals surface area contributed by atoms with Crippen LogP contribution >= 0.6 is 23.1 Å². The normalized spacial score (nSPS) is 12.2. The third kappa shape index (κ3) is 5.47. The van der Waals surface area contributed by atoms with E-state index in [1.165, 1.54) is 35.2 Å². The van der Waals surface area contributed by atoms with Crippen LogP contribution < -0.4 is 5.32 Å². The number of nitrogens with zero attached hydrogens (tertiary/aromatic N) is 3. The molecular weight excluding hydrogens is 423 g/mol. The Morgan fingerprint density at radius 2 is 2.03 bits per heavy atom. The van der Waals surface area contributed by atoms with Crippen molar-refractivity contribution in [2.45, 2.75) is 37.7 Å². The number of hydrogen-bond acceptors (Lipinski definition) is 7. The zero-order valence-electron chi connectivity index (χ0n) is 17.4. The third-order valence-electron chi connectivity index (χ3n) is 4.72. The van der Waals surface area contributed by atoms with Crippen LogP contribution in [0.5, 0.6) is 0 Å². The topological polar surface area (TPSA) is 69.0 Å². The van der Waals surface area contributed by atoms with Crippen LogP contribution in [0.25, 0.3) is 0 Å².